The fourth-order valence-electron chi connectivity index (χ4n) is 3.67. The van der Waals surface area contributed by atoms with Crippen LogP contribution in [0.5, 0.6) is 5.75 Å². The van der Waals surface area contributed by atoms with Crippen LogP contribution in [0.2, 0.25) is 0 Å². The largest absolute Gasteiger partial charge is 0.491 e. The predicted molar refractivity (Wildman–Crippen MR) is 125 cm³/mol. The minimum absolute atomic E-state index is 0.0390. The first-order valence-corrected chi connectivity index (χ1v) is 11.0. The lowest BCUT2D eigenvalue weighted by Crippen LogP contribution is -2.30. The van der Waals surface area contributed by atoms with Gasteiger partial charge in [0.15, 0.2) is 0 Å². The van der Waals surface area contributed by atoms with E-state index in [1.54, 1.807) is 12.1 Å². The van der Waals surface area contributed by atoms with Gasteiger partial charge in [-0.25, -0.2) is 9.37 Å². The van der Waals surface area contributed by atoms with E-state index in [2.05, 4.69) is 4.98 Å². The Kier molecular flexibility index (Phi) is 5.43. The normalized spacial score (nSPS) is 12.3. The smallest absolute Gasteiger partial charge is 0.262 e. The highest BCUT2D eigenvalue weighted by atomic mass is 32.1. The average Bonchev–Trinajstić information content (AvgIpc) is 3.25. The summed E-state index contributed by atoms with van der Waals surface area (Å²) in [5, 5.41) is 15.0. The van der Waals surface area contributed by atoms with Crippen molar-refractivity contribution in [3.8, 4) is 16.9 Å². The maximum Gasteiger partial charge on any atom is 0.262 e. The van der Waals surface area contributed by atoms with E-state index < -0.39 is 6.10 Å². The van der Waals surface area contributed by atoms with Crippen LogP contribution in [0.1, 0.15) is 0 Å². The number of aliphatic hydroxyl groups is 1. The Balaban J connectivity index is 1.35. The second kappa shape index (κ2) is 8.53. The molecule has 0 aliphatic carbocycles. The molecule has 0 aliphatic rings. The van der Waals surface area contributed by atoms with Gasteiger partial charge in [-0.05, 0) is 40.6 Å². The first-order chi connectivity index (χ1) is 15.6. The van der Waals surface area contributed by atoms with Crippen molar-refractivity contribution >= 4 is 32.3 Å². The summed E-state index contributed by atoms with van der Waals surface area (Å²) in [6.45, 7) is 0.0886. The number of ether oxygens (including phenoxy) is 1. The van der Waals surface area contributed by atoms with Crippen LogP contribution in [0.3, 0.4) is 0 Å². The quantitative estimate of drug-likeness (QED) is 0.405. The van der Waals surface area contributed by atoms with E-state index in [4.69, 9.17) is 4.74 Å². The third-order valence-electron chi connectivity index (χ3n) is 5.29. The topological polar surface area (TPSA) is 64.4 Å². The fourth-order valence-corrected chi connectivity index (χ4v) is 4.58. The van der Waals surface area contributed by atoms with Crippen LogP contribution >= 0.6 is 11.3 Å². The molecule has 0 fully saturated rings. The van der Waals surface area contributed by atoms with E-state index in [0.29, 0.717) is 21.5 Å². The number of rotatable bonds is 6. The molecule has 0 saturated heterocycles. The van der Waals surface area contributed by atoms with Gasteiger partial charge in [0.05, 0.1) is 18.3 Å². The van der Waals surface area contributed by atoms with Crippen LogP contribution in [-0.4, -0.2) is 27.4 Å². The molecule has 0 spiro atoms. The van der Waals surface area contributed by atoms with Gasteiger partial charge in [-0.3, -0.25) is 9.36 Å². The van der Waals surface area contributed by atoms with Crippen LogP contribution in [0.25, 0.3) is 32.1 Å². The molecule has 1 unspecified atom stereocenters. The zero-order chi connectivity index (χ0) is 22.1. The Bertz CT molecular complexity index is 1460. The molecular formula is C25H19FN2O3S. The van der Waals surface area contributed by atoms with E-state index in [9.17, 15) is 14.3 Å². The van der Waals surface area contributed by atoms with Gasteiger partial charge < -0.3 is 9.84 Å². The number of hydrogen-bond donors (Lipinski definition) is 1. The number of thiophene rings is 1. The maximum absolute atomic E-state index is 13.3. The lowest BCUT2D eigenvalue weighted by molar-refractivity contribution is 0.0915. The molecule has 3 aromatic carbocycles. The highest BCUT2D eigenvalue weighted by molar-refractivity contribution is 7.17. The zero-order valence-electron chi connectivity index (χ0n) is 16.9. The minimum atomic E-state index is -0.897. The van der Waals surface area contributed by atoms with Crippen molar-refractivity contribution in [2.75, 3.05) is 6.61 Å². The lowest BCUT2D eigenvalue weighted by atomic mass is 10.1. The summed E-state index contributed by atoms with van der Waals surface area (Å²) in [6.07, 6.45) is 0.542. The van der Waals surface area contributed by atoms with Crippen molar-refractivity contribution in [2.24, 2.45) is 0 Å². The summed E-state index contributed by atoms with van der Waals surface area (Å²) >= 11 is 1.36. The van der Waals surface area contributed by atoms with E-state index in [0.717, 1.165) is 16.3 Å². The SMILES string of the molecule is O=c1c2c(-c3ccc(F)cc3)csc2ncn1CC(O)COc1ccc2ccccc2c1. The number of aliphatic hydroxyl groups excluding tert-OH is 1. The second-order valence-electron chi connectivity index (χ2n) is 7.51. The van der Waals surface area contributed by atoms with E-state index in [-0.39, 0.29) is 24.5 Å². The fraction of sp³-hybridized carbons (Fsp3) is 0.120. The molecule has 0 aliphatic heterocycles. The highest BCUT2D eigenvalue weighted by Crippen LogP contribution is 2.30. The predicted octanol–water partition coefficient (Wildman–Crippen LogP) is 4.86. The van der Waals surface area contributed by atoms with Crippen molar-refractivity contribution in [1.82, 2.24) is 9.55 Å². The van der Waals surface area contributed by atoms with Gasteiger partial charge in [-0.1, -0.05) is 42.5 Å². The number of aromatic nitrogens is 2. The number of hydrogen-bond acceptors (Lipinski definition) is 5. The van der Waals surface area contributed by atoms with Crippen LogP contribution in [0, 0.1) is 5.82 Å². The van der Waals surface area contributed by atoms with Crippen LogP contribution < -0.4 is 10.3 Å². The van der Waals surface area contributed by atoms with Crippen molar-refractivity contribution in [3.05, 3.63) is 94.6 Å². The van der Waals surface area contributed by atoms with Gasteiger partial charge in [0.25, 0.3) is 5.56 Å². The second-order valence-corrected chi connectivity index (χ2v) is 8.37. The number of benzene rings is 3. The molecule has 0 amide bonds. The summed E-state index contributed by atoms with van der Waals surface area (Å²) < 4.78 is 20.4. The molecule has 2 heterocycles. The van der Waals surface area contributed by atoms with Gasteiger partial charge in [0, 0.05) is 10.9 Å². The molecular weight excluding hydrogens is 427 g/mol. The van der Waals surface area contributed by atoms with Gasteiger partial charge in [0.2, 0.25) is 0 Å². The number of fused-ring (bicyclic) bond motifs is 2. The molecule has 1 atom stereocenters. The van der Waals surface area contributed by atoms with Crippen molar-refractivity contribution < 1.29 is 14.2 Å². The van der Waals surface area contributed by atoms with Crippen LogP contribution in [-0.2, 0) is 6.54 Å². The molecule has 7 heteroatoms. The Morgan fingerprint density at radius 1 is 1.06 bits per heavy atom. The zero-order valence-corrected chi connectivity index (χ0v) is 17.8. The molecule has 0 bridgehead atoms. The van der Waals surface area contributed by atoms with Crippen molar-refractivity contribution in [2.45, 2.75) is 12.6 Å². The molecule has 0 saturated carbocycles. The van der Waals surface area contributed by atoms with Gasteiger partial charge in [0.1, 0.15) is 29.1 Å². The Morgan fingerprint density at radius 3 is 2.66 bits per heavy atom. The summed E-state index contributed by atoms with van der Waals surface area (Å²) in [6, 6.07) is 19.7. The molecule has 160 valence electrons. The number of nitrogens with zero attached hydrogens (tertiary/aromatic N) is 2. The Labute approximate surface area is 187 Å². The summed E-state index contributed by atoms with van der Waals surface area (Å²) in [5.41, 5.74) is 1.20. The summed E-state index contributed by atoms with van der Waals surface area (Å²) in [5.74, 6) is 0.318. The molecule has 5 nitrogen and oxygen atoms in total. The average molecular weight is 447 g/mol. The molecule has 1 N–H and O–H groups in total. The van der Waals surface area contributed by atoms with E-state index in [1.807, 2.05) is 47.8 Å². The molecule has 5 aromatic rings. The summed E-state index contributed by atoms with van der Waals surface area (Å²) in [7, 11) is 0. The molecule has 0 radical (unpaired) electrons. The lowest BCUT2D eigenvalue weighted by Gasteiger charge is -2.14. The van der Waals surface area contributed by atoms with Crippen molar-refractivity contribution in [3.63, 3.8) is 0 Å². The van der Waals surface area contributed by atoms with E-state index >= 15 is 0 Å². The van der Waals surface area contributed by atoms with Crippen LogP contribution in [0.15, 0.2) is 83.2 Å². The van der Waals surface area contributed by atoms with Gasteiger partial charge in [-0.15, -0.1) is 11.3 Å². The summed E-state index contributed by atoms with van der Waals surface area (Å²) in [4.78, 5) is 18.1. The third-order valence-corrected chi connectivity index (χ3v) is 6.17. The molecule has 32 heavy (non-hydrogen) atoms. The monoisotopic (exact) mass is 446 g/mol. The first-order valence-electron chi connectivity index (χ1n) is 10.1. The Morgan fingerprint density at radius 2 is 1.84 bits per heavy atom. The van der Waals surface area contributed by atoms with Crippen molar-refractivity contribution in [1.29, 1.82) is 0 Å². The highest BCUT2D eigenvalue weighted by Gasteiger charge is 2.15. The minimum Gasteiger partial charge on any atom is -0.491 e. The standard InChI is InChI=1S/C25H19FN2O3S/c26-19-8-5-17(6-9-19)22-14-32-24-23(22)25(30)28(15-27-24)12-20(29)13-31-21-10-7-16-3-1-2-4-18(16)11-21/h1-11,14-15,20,29H,12-13H2. The molecule has 5 rings (SSSR count). The Hall–Kier alpha value is -3.55. The third kappa shape index (κ3) is 4.00. The van der Waals surface area contributed by atoms with Gasteiger partial charge in [-0.2, -0.15) is 0 Å². The maximum atomic E-state index is 13.3. The molecule has 2 aromatic heterocycles. The van der Waals surface area contributed by atoms with Gasteiger partial charge >= 0.3 is 0 Å². The number of halogens is 1. The first kappa shape index (κ1) is 20.4. The van der Waals surface area contributed by atoms with E-state index in [1.165, 1.54) is 34.4 Å². The van der Waals surface area contributed by atoms with Crippen LogP contribution in [0.4, 0.5) is 4.39 Å².